The first-order chi connectivity index (χ1) is 8.97. The SMILES string of the molecule is O=C1C=CCCC1/C=C/c1cccc(C(F)(F)F)c1. The lowest BCUT2D eigenvalue weighted by Crippen LogP contribution is -2.12. The van der Waals surface area contributed by atoms with Crippen molar-refractivity contribution in [2.75, 3.05) is 0 Å². The summed E-state index contributed by atoms with van der Waals surface area (Å²) in [4.78, 5) is 11.5. The zero-order chi connectivity index (χ0) is 13.9. The number of rotatable bonds is 2. The molecule has 4 heteroatoms. The zero-order valence-corrected chi connectivity index (χ0v) is 10.2. The van der Waals surface area contributed by atoms with Gasteiger partial charge in [-0.15, -0.1) is 0 Å². The van der Waals surface area contributed by atoms with Gasteiger partial charge in [0.2, 0.25) is 0 Å². The van der Waals surface area contributed by atoms with E-state index < -0.39 is 11.7 Å². The van der Waals surface area contributed by atoms with Crippen molar-refractivity contribution in [1.82, 2.24) is 0 Å². The number of benzene rings is 1. The highest BCUT2D eigenvalue weighted by Gasteiger charge is 2.30. The molecule has 0 aromatic heterocycles. The third kappa shape index (κ3) is 3.56. The minimum Gasteiger partial charge on any atom is -0.294 e. The molecular formula is C15H13F3O. The average molecular weight is 266 g/mol. The lowest BCUT2D eigenvalue weighted by molar-refractivity contribution is -0.137. The molecule has 1 unspecified atom stereocenters. The van der Waals surface area contributed by atoms with E-state index in [0.29, 0.717) is 12.0 Å². The molecule has 0 fully saturated rings. The molecule has 0 aliphatic heterocycles. The molecule has 1 aromatic carbocycles. The second-order valence-corrected chi connectivity index (χ2v) is 4.47. The Bertz CT molecular complexity index is 526. The smallest absolute Gasteiger partial charge is 0.294 e. The molecule has 1 atom stereocenters. The number of allylic oxidation sites excluding steroid dienone is 3. The van der Waals surface area contributed by atoms with Gasteiger partial charge < -0.3 is 0 Å². The Balaban J connectivity index is 2.15. The average Bonchev–Trinajstić information content (AvgIpc) is 2.37. The van der Waals surface area contributed by atoms with Crippen molar-refractivity contribution >= 4 is 11.9 Å². The fourth-order valence-electron chi connectivity index (χ4n) is 1.98. The highest BCUT2D eigenvalue weighted by molar-refractivity contribution is 5.94. The van der Waals surface area contributed by atoms with Gasteiger partial charge in [-0.3, -0.25) is 4.79 Å². The van der Waals surface area contributed by atoms with Crippen LogP contribution in [0.4, 0.5) is 13.2 Å². The number of carbonyl (C=O) groups excluding carboxylic acids is 1. The van der Waals surface area contributed by atoms with Crippen molar-refractivity contribution in [2.24, 2.45) is 5.92 Å². The number of halogens is 3. The summed E-state index contributed by atoms with van der Waals surface area (Å²) in [7, 11) is 0. The van der Waals surface area contributed by atoms with Crippen molar-refractivity contribution in [3.63, 3.8) is 0 Å². The van der Waals surface area contributed by atoms with Crippen molar-refractivity contribution < 1.29 is 18.0 Å². The molecule has 1 nitrogen and oxygen atoms in total. The quantitative estimate of drug-likeness (QED) is 0.782. The number of carbonyl (C=O) groups is 1. The minimum atomic E-state index is -4.34. The first-order valence-corrected chi connectivity index (χ1v) is 6.02. The Hall–Kier alpha value is -1.84. The summed E-state index contributed by atoms with van der Waals surface area (Å²) in [6.45, 7) is 0. The molecular weight excluding hydrogens is 253 g/mol. The van der Waals surface area contributed by atoms with Crippen LogP contribution in [-0.4, -0.2) is 5.78 Å². The highest BCUT2D eigenvalue weighted by atomic mass is 19.4. The number of hydrogen-bond acceptors (Lipinski definition) is 1. The van der Waals surface area contributed by atoms with Gasteiger partial charge in [0.25, 0.3) is 0 Å². The summed E-state index contributed by atoms with van der Waals surface area (Å²) in [5.74, 6) is -0.214. The first kappa shape index (κ1) is 13.6. The molecule has 0 saturated carbocycles. The maximum atomic E-state index is 12.5. The molecule has 2 rings (SSSR count). The third-order valence-corrected chi connectivity index (χ3v) is 3.03. The number of hydrogen-bond donors (Lipinski definition) is 0. The Morgan fingerprint density at radius 3 is 2.74 bits per heavy atom. The normalized spacial score (nSPS) is 20.2. The van der Waals surface area contributed by atoms with Crippen LogP contribution in [0.25, 0.3) is 6.08 Å². The summed E-state index contributed by atoms with van der Waals surface area (Å²) < 4.78 is 37.6. The molecule has 19 heavy (non-hydrogen) atoms. The van der Waals surface area contributed by atoms with Crippen LogP contribution in [0.2, 0.25) is 0 Å². The van der Waals surface area contributed by atoms with Gasteiger partial charge in [0.15, 0.2) is 5.78 Å². The van der Waals surface area contributed by atoms with Gasteiger partial charge in [-0.2, -0.15) is 13.2 Å². The van der Waals surface area contributed by atoms with Crippen molar-refractivity contribution in [3.05, 3.63) is 53.6 Å². The predicted molar refractivity (Wildman–Crippen MR) is 67.3 cm³/mol. The van der Waals surface area contributed by atoms with Crippen LogP contribution in [-0.2, 0) is 11.0 Å². The van der Waals surface area contributed by atoms with Gasteiger partial charge in [-0.05, 0) is 36.6 Å². The second kappa shape index (κ2) is 5.43. The standard InChI is InChI=1S/C15H13F3O/c16-15(17,18)13-6-3-4-11(10-13)8-9-12-5-1-2-7-14(12)19/h2-4,6-10,12H,1,5H2/b9-8+. The molecule has 0 radical (unpaired) electrons. The van der Waals surface area contributed by atoms with E-state index in [1.165, 1.54) is 12.1 Å². The Labute approximate surface area is 109 Å². The van der Waals surface area contributed by atoms with Gasteiger partial charge in [0.1, 0.15) is 0 Å². The van der Waals surface area contributed by atoms with E-state index >= 15 is 0 Å². The van der Waals surface area contributed by atoms with Crippen LogP contribution in [0.15, 0.2) is 42.5 Å². The monoisotopic (exact) mass is 266 g/mol. The lowest BCUT2D eigenvalue weighted by Gasteiger charge is -2.12. The lowest BCUT2D eigenvalue weighted by atomic mass is 9.92. The van der Waals surface area contributed by atoms with Crippen LogP contribution >= 0.6 is 0 Å². The molecule has 1 aliphatic carbocycles. The molecule has 0 N–H and O–H groups in total. The van der Waals surface area contributed by atoms with Crippen LogP contribution in [0.5, 0.6) is 0 Å². The number of alkyl halides is 3. The Morgan fingerprint density at radius 2 is 2.05 bits per heavy atom. The second-order valence-electron chi connectivity index (χ2n) is 4.47. The third-order valence-electron chi connectivity index (χ3n) is 3.03. The largest absolute Gasteiger partial charge is 0.416 e. The first-order valence-electron chi connectivity index (χ1n) is 6.02. The van der Waals surface area contributed by atoms with Crippen LogP contribution in [0, 0.1) is 5.92 Å². The van der Waals surface area contributed by atoms with E-state index in [-0.39, 0.29) is 11.7 Å². The van der Waals surface area contributed by atoms with E-state index in [4.69, 9.17) is 0 Å². The van der Waals surface area contributed by atoms with Crippen LogP contribution in [0.3, 0.4) is 0 Å². The number of ketones is 1. The van der Waals surface area contributed by atoms with Gasteiger partial charge in [-0.1, -0.05) is 30.4 Å². The molecule has 100 valence electrons. The summed E-state index contributed by atoms with van der Waals surface area (Å²) in [5, 5.41) is 0. The fraction of sp³-hybridized carbons (Fsp3) is 0.267. The molecule has 0 amide bonds. The maximum Gasteiger partial charge on any atom is 0.416 e. The highest BCUT2D eigenvalue weighted by Crippen LogP contribution is 2.30. The Kier molecular flexibility index (Phi) is 3.88. The summed E-state index contributed by atoms with van der Waals surface area (Å²) in [6, 6.07) is 5.07. The molecule has 1 aromatic rings. The van der Waals surface area contributed by atoms with E-state index in [9.17, 15) is 18.0 Å². The summed E-state index contributed by atoms with van der Waals surface area (Å²) in [6.07, 6.45) is 3.81. The van der Waals surface area contributed by atoms with Gasteiger partial charge in [0.05, 0.1) is 5.56 Å². The molecule has 0 heterocycles. The predicted octanol–water partition coefficient (Wildman–Crippen LogP) is 4.25. The fourth-order valence-corrected chi connectivity index (χ4v) is 1.98. The molecule has 0 bridgehead atoms. The Morgan fingerprint density at radius 1 is 1.26 bits per heavy atom. The van der Waals surface area contributed by atoms with Crippen molar-refractivity contribution in [1.29, 1.82) is 0 Å². The van der Waals surface area contributed by atoms with E-state index in [1.807, 2.05) is 6.08 Å². The maximum absolute atomic E-state index is 12.5. The molecule has 0 spiro atoms. The summed E-state index contributed by atoms with van der Waals surface area (Å²) in [5.41, 5.74) is -0.221. The van der Waals surface area contributed by atoms with Gasteiger partial charge in [-0.25, -0.2) is 0 Å². The van der Waals surface area contributed by atoms with E-state index in [2.05, 4.69) is 0 Å². The van der Waals surface area contributed by atoms with Crippen LogP contribution < -0.4 is 0 Å². The zero-order valence-electron chi connectivity index (χ0n) is 10.2. The van der Waals surface area contributed by atoms with Gasteiger partial charge in [0, 0.05) is 5.92 Å². The van der Waals surface area contributed by atoms with E-state index in [1.54, 1.807) is 18.2 Å². The van der Waals surface area contributed by atoms with Crippen molar-refractivity contribution in [3.8, 4) is 0 Å². The van der Waals surface area contributed by atoms with E-state index in [0.717, 1.165) is 18.6 Å². The molecule has 0 saturated heterocycles. The topological polar surface area (TPSA) is 17.1 Å². The van der Waals surface area contributed by atoms with Crippen LogP contribution in [0.1, 0.15) is 24.0 Å². The van der Waals surface area contributed by atoms with Crippen molar-refractivity contribution in [2.45, 2.75) is 19.0 Å². The van der Waals surface area contributed by atoms with Gasteiger partial charge >= 0.3 is 6.18 Å². The summed E-state index contributed by atoms with van der Waals surface area (Å²) >= 11 is 0. The molecule has 1 aliphatic rings. The minimum absolute atomic E-state index is 0.00877.